The third-order valence-corrected chi connectivity index (χ3v) is 14.4. The zero-order valence-corrected chi connectivity index (χ0v) is 38.7. The van der Waals surface area contributed by atoms with Crippen molar-refractivity contribution in [1.29, 1.82) is 0 Å². The Bertz CT molecular complexity index is 4310. The van der Waals surface area contributed by atoms with Gasteiger partial charge in [-0.05, 0) is 119 Å². The molecule has 2 heterocycles. The van der Waals surface area contributed by atoms with Gasteiger partial charge in [-0.3, -0.25) is 0 Å². The van der Waals surface area contributed by atoms with Crippen LogP contribution in [-0.4, -0.2) is 14.5 Å². The van der Waals surface area contributed by atoms with E-state index in [1.807, 2.05) is 18.2 Å². The first-order valence-electron chi connectivity index (χ1n) is 24.3. The third-order valence-electron chi connectivity index (χ3n) is 14.4. The van der Waals surface area contributed by atoms with Gasteiger partial charge in [0, 0.05) is 33.2 Å². The molecule has 14 aromatic rings. The van der Waals surface area contributed by atoms with E-state index in [0.717, 1.165) is 39.3 Å². The zero-order chi connectivity index (χ0) is 46.8. The molecule has 0 atom stereocenters. The molecule has 0 saturated carbocycles. The van der Waals surface area contributed by atoms with Gasteiger partial charge in [-0.25, -0.2) is 9.97 Å². The molecule has 0 bridgehead atoms. The standard InChI is InChI=1S/C68H43N3/c1-3-16-48(17-4-1)65-58-23-9-10-24-59(58)66(67-55-20-8-7-15-45(55)37-40-60(65)67)53-34-33-51-41-50(31-32-52(51)42-53)44-27-29-46(30-28-44)61-43-62(70-68(69-61)49-18-5-2-6-19-49)47-35-38-54(39-36-47)71-63-25-13-11-21-56(63)57-22-12-14-26-64(57)71/h1-43H. The van der Waals surface area contributed by atoms with Crippen molar-refractivity contribution in [2.24, 2.45) is 0 Å². The number of hydrogen-bond donors (Lipinski definition) is 0. The summed E-state index contributed by atoms with van der Waals surface area (Å²) in [6, 6.07) is 94.2. The van der Waals surface area contributed by atoms with Crippen LogP contribution in [0.4, 0.5) is 0 Å². The van der Waals surface area contributed by atoms with Gasteiger partial charge < -0.3 is 4.57 Å². The summed E-state index contributed by atoms with van der Waals surface area (Å²) < 4.78 is 2.35. The van der Waals surface area contributed by atoms with E-state index in [1.54, 1.807) is 0 Å². The maximum Gasteiger partial charge on any atom is 0.160 e. The molecule has 0 spiro atoms. The lowest BCUT2D eigenvalue weighted by atomic mass is 9.83. The molecular weight excluding hydrogens is 859 g/mol. The van der Waals surface area contributed by atoms with Crippen LogP contribution in [0.1, 0.15) is 0 Å². The third kappa shape index (κ3) is 6.89. The lowest BCUT2D eigenvalue weighted by Crippen LogP contribution is -1.97. The van der Waals surface area contributed by atoms with E-state index in [2.05, 4.69) is 247 Å². The summed E-state index contributed by atoms with van der Waals surface area (Å²) >= 11 is 0. The van der Waals surface area contributed by atoms with Gasteiger partial charge in [-0.1, -0.05) is 218 Å². The summed E-state index contributed by atoms with van der Waals surface area (Å²) in [6.45, 7) is 0. The predicted octanol–water partition coefficient (Wildman–Crippen LogP) is 18.2. The van der Waals surface area contributed by atoms with Gasteiger partial charge in [0.1, 0.15) is 0 Å². The van der Waals surface area contributed by atoms with Crippen LogP contribution in [0.3, 0.4) is 0 Å². The Labute approximate surface area is 411 Å². The Morgan fingerprint density at radius 3 is 1.37 bits per heavy atom. The van der Waals surface area contributed by atoms with E-state index < -0.39 is 0 Å². The molecule has 0 aliphatic heterocycles. The van der Waals surface area contributed by atoms with Crippen molar-refractivity contribution >= 4 is 64.9 Å². The zero-order valence-electron chi connectivity index (χ0n) is 38.7. The topological polar surface area (TPSA) is 30.7 Å². The number of rotatable bonds is 7. The number of benzene rings is 12. The fraction of sp³-hybridized carbons (Fsp3) is 0. The van der Waals surface area contributed by atoms with Gasteiger partial charge in [-0.2, -0.15) is 0 Å². The highest BCUT2D eigenvalue weighted by molar-refractivity contribution is 6.28. The molecule has 2 aromatic heterocycles. The SMILES string of the molecule is c1ccc(-c2nc(-c3ccc(-c4ccc5cc(-c6c7ccccc7c(-c7ccccc7)c7ccc8ccccc8c67)ccc5c4)cc3)cc(-c3ccc(-n4c5ccccc5c5ccccc54)cc3)n2)cc1. The maximum atomic E-state index is 5.16. The first kappa shape index (κ1) is 40.6. The highest BCUT2D eigenvalue weighted by Gasteiger charge is 2.20. The van der Waals surface area contributed by atoms with Crippen LogP contribution in [-0.2, 0) is 0 Å². The van der Waals surface area contributed by atoms with E-state index in [0.29, 0.717) is 5.82 Å². The van der Waals surface area contributed by atoms with Gasteiger partial charge in [0.15, 0.2) is 5.82 Å². The van der Waals surface area contributed by atoms with Gasteiger partial charge in [0.25, 0.3) is 0 Å². The molecule has 0 aliphatic carbocycles. The highest BCUT2D eigenvalue weighted by atomic mass is 15.0. The maximum absolute atomic E-state index is 5.16. The van der Waals surface area contributed by atoms with Gasteiger partial charge >= 0.3 is 0 Å². The van der Waals surface area contributed by atoms with Crippen molar-refractivity contribution in [3.8, 4) is 73.0 Å². The van der Waals surface area contributed by atoms with Crippen LogP contribution >= 0.6 is 0 Å². The smallest absolute Gasteiger partial charge is 0.160 e. The molecule has 330 valence electrons. The second kappa shape index (κ2) is 16.7. The van der Waals surface area contributed by atoms with Crippen molar-refractivity contribution < 1.29 is 0 Å². The molecule has 3 heteroatoms. The molecule has 0 aliphatic rings. The summed E-state index contributed by atoms with van der Waals surface area (Å²) in [4.78, 5) is 10.3. The van der Waals surface area contributed by atoms with Crippen LogP contribution in [0.25, 0.3) is 138 Å². The predicted molar refractivity (Wildman–Crippen MR) is 299 cm³/mol. The average molecular weight is 902 g/mol. The number of aromatic nitrogens is 3. The van der Waals surface area contributed by atoms with E-state index >= 15 is 0 Å². The molecule has 12 aromatic carbocycles. The van der Waals surface area contributed by atoms with Crippen molar-refractivity contribution in [2.75, 3.05) is 0 Å². The minimum Gasteiger partial charge on any atom is -0.309 e. The van der Waals surface area contributed by atoms with Crippen LogP contribution in [0.2, 0.25) is 0 Å². The molecule has 0 unspecified atom stereocenters. The number of hydrogen-bond acceptors (Lipinski definition) is 2. The monoisotopic (exact) mass is 901 g/mol. The highest BCUT2D eigenvalue weighted by Crippen LogP contribution is 2.47. The summed E-state index contributed by atoms with van der Waals surface area (Å²) in [5.41, 5.74) is 15.6. The van der Waals surface area contributed by atoms with Gasteiger partial charge in [-0.15, -0.1) is 0 Å². The first-order valence-corrected chi connectivity index (χ1v) is 24.3. The van der Waals surface area contributed by atoms with Crippen LogP contribution < -0.4 is 0 Å². The Morgan fingerprint density at radius 2 is 0.718 bits per heavy atom. The largest absolute Gasteiger partial charge is 0.309 e. The summed E-state index contributed by atoms with van der Waals surface area (Å²) in [6.07, 6.45) is 0. The molecule has 0 radical (unpaired) electrons. The molecule has 14 rings (SSSR count). The fourth-order valence-corrected chi connectivity index (χ4v) is 11.0. The summed E-state index contributed by atoms with van der Waals surface area (Å²) in [7, 11) is 0. The Balaban J connectivity index is 0.822. The second-order valence-corrected chi connectivity index (χ2v) is 18.5. The molecule has 0 fully saturated rings. The van der Waals surface area contributed by atoms with E-state index in [9.17, 15) is 0 Å². The molecule has 0 saturated heterocycles. The van der Waals surface area contributed by atoms with Gasteiger partial charge in [0.2, 0.25) is 0 Å². The van der Waals surface area contributed by atoms with E-state index in [1.165, 1.54) is 92.7 Å². The van der Waals surface area contributed by atoms with Crippen LogP contribution in [0.5, 0.6) is 0 Å². The molecule has 71 heavy (non-hydrogen) atoms. The minimum atomic E-state index is 0.698. The molecule has 0 N–H and O–H groups in total. The molecular formula is C68H43N3. The fourth-order valence-electron chi connectivity index (χ4n) is 11.0. The van der Waals surface area contributed by atoms with Crippen LogP contribution in [0, 0.1) is 0 Å². The van der Waals surface area contributed by atoms with Gasteiger partial charge in [0.05, 0.1) is 22.4 Å². The second-order valence-electron chi connectivity index (χ2n) is 18.5. The normalized spacial score (nSPS) is 11.7. The number of fused-ring (bicyclic) bond motifs is 8. The van der Waals surface area contributed by atoms with Crippen molar-refractivity contribution in [3.63, 3.8) is 0 Å². The average Bonchev–Trinajstić information content (AvgIpc) is 3.79. The first-order chi connectivity index (χ1) is 35.2. The van der Waals surface area contributed by atoms with Crippen LogP contribution in [0.15, 0.2) is 261 Å². The summed E-state index contributed by atoms with van der Waals surface area (Å²) in [5, 5.41) is 12.5. The minimum absolute atomic E-state index is 0.698. The Hall–Kier alpha value is -9.44. The van der Waals surface area contributed by atoms with Crippen molar-refractivity contribution in [3.05, 3.63) is 261 Å². The van der Waals surface area contributed by atoms with Crippen molar-refractivity contribution in [2.45, 2.75) is 0 Å². The van der Waals surface area contributed by atoms with E-state index in [-0.39, 0.29) is 0 Å². The van der Waals surface area contributed by atoms with E-state index in [4.69, 9.17) is 9.97 Å². The lowest BCUT2D eigenvalue weighted by Gasteiger charge is -2.19. The van der Waals surface area contributed by atoms with Crippen molar-refractivity contribution in [1.82, 2.24) is 14.5 Å². The number of nitrogens with zero attached hydrogens (tertiary/aromatic N) is 3. The molecule has 0 amide bonds. The quantitative estimate of drug-likeness (QED) is 0.118. The summed E-state index contributed by atoms with van der Waals surface area (Å²) in [5.74, 6) is 0.698. The Kier molecular flexibility index (Phi) is 9.53. The number of para-hydroxylation sites is 2. The molecule has 3 nitrogen and oxygen atoms in total. The Morgan fingerprint density at radius 1 is 0.254 bits per heavy atom. The lowest BCUT2D eigenvalue weighted by molar-refractivity contribution is 1.17.